The zero-order valence-electron chi connectivity index (χ0n) is 17.3. The highest BCUT2D eigenvalue weighted by Gasteiger charge is 2.33. The lowest BCUT2D eigenvalue weighted by Gasteiger charge is -2.11. The molecule has 4 rings (SSSR count). The first kappa shape index (κ1) is 21.5. The predicted molar refractivity (Wildman–Crippen MR) is 116 cm³/mol. The number of imide groups is 1. The minimum absolute atomic E-state index is 0.0285. The summed E-state index contributed by atoms with van der Waals surface area (Å²) in [4.78, 5) is 47.3. The number of carbonyl (C=O) groups is 3. The highest BCUT2D eigenvalue weighted by molar-refractivity contribution is 6.13. The van der Waals surface area contributed by atoms with Crippen LogP contribution in [0.25, 0.3) is 17.4 Å². The number of urea groups is 1. The molecule has 1 saturated heterocycles. The van der Waals surface area contributed by atoms with E-state index >= 15 is 0 Å². The van der Waals surface area contributed by atoms with E-state index < -0.39 is 22.8 Å². The number of aromatic carboxylic acids is 1. The number of rotatable bonds is 6. The fourth-order valence-electron chi connectivity index (χ4n) is 3.41. The van der Waals surface area contributed by atoms with Crippen molar-refractivity contribution in [3.8, 4) is 11.3 Å². The third-order valence-corrected chi connectivity index (χ3v) is 5.10. The van der Waals surface area contributed by atoms with Crippen molar-refractivity contribution in [1.82, 2.24) is 10.2 Å². The van der Waals surface area contributed by atoms with Crippen molar-refractivity contribution in [3.63, 3.8) is 0 Å². The maximum atomic E-state index is 12.7. The van der Waals surface area contributed by atoms with Gasteiger partial charge in [-0.05, 0) is 42.3 Å². The van der Waals surface area contributed by atoms with Crippen LogP contribution in [0.3, 0.4) is 0 Å². The van der Waals surface area contributed by atoms with Gasteiger partial charge in [0.1, 0.15) is 17.2 Å². The van der Waals surface area contributed by atoms with Crippen LogP contribution in [0, 0.1) is 17.0 Å². The lowest BCUT2D eigenvalue weighted by Crippen LogP contribution is -2.30. The Morgan fingerprint density at radius 1 is 1.15 bits per heavy atom. The van der Waals surface area contributed by atoms with E-state index in [-0.39, 0.29) is 23.5 Å². The van der Waals surface area contributed by atoms with Crippen molar-refractivity contribution < 1.29 is 28.8 Å². The van der Waals surface area contributed by atoms with Crippen LogP contribution in [0.15, 0.2) is 64.7 Å². The molecule has 1 aromatic heterocycles. The molecule has 1 aliphatic heterocycles. The van der Waals surface area contributed by atoms with Gasteiger partial charge in [-0.1, -0.05) is 18.2 Å². The summed E-state index contributed by atoms with van der Waals surface area (Å²) in [6, 6.07) is 12.9. The SMILES string of the molecule is Cc1cc(C(=O)O)ccc1-c1ccc(/C=C2\NC(=O)N(Cc3ccc([N+](=O)[O-])cc3)C2=O)o1. The van der Waals surface area contributed by atoms with Gasteiger partial charge in [-0.2, -0.15) is 0 Å². The van der Waals surface area contributed by atoms with Crippen LogP contribution < -0.4 is 5.32 Å². The van der Waals surface area contributed by atoms with Gasteiger partial charge in [0.05, 0.1) is 17.0 Å². The van der Waals surface area contributed by atoms with E-state index in [0.717, 1.165) is 4.90 Å². The Morgan fingerprint density at radius 3 is 2.52 bits per heavy atom. The number of benzene rings is 2. The molecule has 0 bridgehead atoms. The maximum absolute atomic E-state index is 12.7. The van der Waals surface area contributed by atoms with Crippen LogP contribution >= 0.6 is 0 Å². The maximum Gasteiger partial charge on any atom is 0.335 e. The number of nitro groups is 1. The van der Waals surface area contributed by atoms with E-state index in [0.29, 0.717) is 28.2 Å². The van der Waals surface area contributed by atoms with Gasteiger partial charge in [0.15, 0.2) is 0 Å². The average Bonchev–Trinajstić information content (AvgIpc) is 3.34. The average molecular weight is 447 g/mol. The van der Waals surface area contributed by atoms with E-state index in [4.69, 9.17) is 9.52 Å². The van der Waals surface area contributed by atoms with Gasteiger partial charge in [0.25, 0.3) is 11.6 Å². The molecule has 0 saturated carbocycles. The van der Waals surface area contributed by atoms with Crippen LogP contribution in [-0.2, 0) is 11.3 Å². The molecule has 1 fully saturated rings. The van der Waals surface area contributed by atoms with Crippen LogP contribution in [0.2, 0.25) is 0 Å². The Kier molecular flexibility index (Phi) is 5.49. The zero-order valence-corrected chi connectivity index (χ0v) is 17.3. The number of amides is 3. The van der Waals surface area contributed by atoms with Gasteiger partial charge in [-0.15, -0.1) is 0 Å². The number of non-ortho nitro benzene ring substituents is 1. The van der Waals surface area contributed by atoms with Crippen LogP contribution in [0.1, 0.15) is 27.2 Å². The standard InChI is InChI=1S/C23H17N3O7/c1-13-10-15(22(28)29)4-8-18(13)20-9-7-17(33-20)11-19-21(27)25(23(30)24-19)12-14-2-5-16(6-3-14)26(31)32/h2-11H,12H2,1H3,(H,24,30)(H,28,29)/b19-11-. The minimum atomic E-state index is -1.02. The monoisotopic (exact) mass is 447 g/mol. The first-order valence-corrected chi connectivity index (χ1v) is 9.75. The Bertz CT molecular complexity index is 1320. The summed E-state index contributed by atoms with van der Waals surface area (Å²) in [5, 5.41) is 22.4. The van der Waals surface area contributed by atoms with E-state index in [1.54, 1.807) is 25.1 Å². The van der Waals surface area contributed by atoms with Gasteiger partial charge in [-0.3, -0.25) is 19.8 Å². The topological polar surface area (TPSA) is 143 Å². The number of carbonyl (C=O) groups excluding carboxylic acids is 2. The molecule has 1 aliphatic rings. The number of aryl methyl sites for hydroxylation is 1. The summed E-state index contributed by atoms with van der Waals surface area (Å²) in [6.45, 7) is 1.72. The quantitative estimate of drug-likeness (QED) is 0.252. The molecule has 10 heteroatoms. The Morgan fingerprint density at radius 2 is 1.88 bits per heavy atom. The number of nitro benzene ring substituents is 1. The van der Waals surface area contributed by atoms with Crippen molar-refractivity contribution in [2.24, 2.45) is 0 Å². The summed E-state index contributed by atoms with van der Waals surface area (Å²) < 4.78 is 5.78. The molecule has 0 spiro atoms. The molecule has 0 unspecified atom stereocenters. The molecule has 10 nitrogen and oxygen atoms in total. The zero-order chi connectivity index (χ0) is 23.7. The molecular formula is C23H17N3O7. The number of nitrogens with zero attached hydrogens (tertiary/aromatic N) is 2. The summed E-state index contributed by atoms with van der Waals surface area (Å²) in [5.41, 5.74) is 2.08. The van der Waals surface area contributed by atoms with Gasteiger partial charge in [0, 0.05) is 23.8 Å². The number of carboxylic acids is 1. The highest BCUT2D eigenvalue weighted by Crippen LogP contribution is 2.28. The number of nitrogens with one attached hydrogen (secondary N) is 1. The van der Waals surface area contributed by atoms with Gasteiger partial charge < -0.3 is 14.8 Å². The number of furan rings is 1. The molecular weight excluding hydrogens is 430 g/mol. The largest absolute Gasteiger partial charge is 0.478 e. The van der Waals surface area contributed by atoms with Gasteiger partial charge in [0.2, 0.25) is 0 Å². The third-order valence-electron chi connectivity index (χ3n) is 5.10. The van der Waals surface area contributed by atoms with Crippen molar-refractivity contribution >= 4 is 29.7 Å². The summed E-state index contributed by atoms with van der Waals surface area (Å²) in [7, 11) is 0. The second-order valence-corrected chi connectivity index (χ2v) is 7.34. The van der Waals surface area contributed by atoms with E-state index in [2.05, 4.69) is 5.32 Å². The highest BCUT2D eigenvalue weighted by atomic mass is 16.6. The molecule has 0 aliphatic carbocycles. The summed E-state index contributed by atoms with van der Waals surface area (Å²) >= 11 is 0. The Labute approximate surface area is 186 Å². The van der Waals surface area contributed by atoms with Crippen LogP contribution in [0.5, 0.6) is 0 Å². The third kappa shape index (κ3) is 4.35. The van der Waals surface area contributed by atoms with Crippen LogP contribution in [-0.4, -0.2) is 32.8 Å². The first-order valence-electron chi connectivity index (χ1n) is 9.75. The number of carboxylic acid groups (broad SMARTS) is 1. The lowest BCUT2D eigenvalue weighted by molar-refractivity contribution is -0.384. The molecule has 3 aromatic rings. The van der Waals surface area contributed by atoms with Crippen LogP contribution in [0.4, 0.5) is 10.5 Å². The minimum Gasteiger partial charge on any atom is -0.478 e. The molecule has 33 heavy (non-hydrogen) atoms. The van der Waals surface area contributed by atoms with Crippen molar-refractivity contribution in [2.45, 2.75) is 13.5 Å². The molecule has 2 aromatic carbocycles. The smallest absolute Gasteiger partial charge is 0.335 e. The number of hydrogen-bond donors (Lipinski definition) is 2. The first-order chi connectivity index (χ1) is 15.7. The van der Waals surface area contributed by atoms with E-state index in [1.807, 2.05) is 0 Å². The van der Waals surface area contributed by atoms with E-state index in [1.165, 1.54) is 42.5 Å². The lowest BCUT2D eigenvalue weighted by atomic mass is 10.0. The molecule has 0 atom stereocenters. The van der Waals surface area contributed by atoms with Crippen molar-refractivity contribution in [1.29, 1.82) is 0 Å². The molecule has 0 radical (unpaired) electrons. The Balaban J connectivity index is 1.52. The number of hydrogen-bond acceptors (Lipinski definition) is 6. The molecule has 2 heterocycles. The fourth-order valence-corrected chi connectivity index (χ4v) is 3.41. The Hall–Kier alpha value is -4.73. The molecule has 3 amide bonds. The second kappa shape index (κ2) is 8.42. The predicted octanol–water partition coefficient (Wildman–Crippen LogP) is 3.95. The van der Waals surface area contributed by atoms with Gasteiger partial charge in [-0.25, -0.2) is 9.59 Å². The van der Waals surface area contributed by atoms with E-state index in [9.17, 15) is 24.5 Å². The summed E-state index contributed by atoms with van der Waals surface area (Å²) in [5.74, 6) is -0.773. The van der Waals surface area contributed by atoms with Crippen molar-refractivity contribution in [2.75, 3.05) is 0 Å². The molecule has 2 N–H and O–H groups in total. The molecule has 166 valence electrons. The second-order valence-electron chi connectivity index (χ2n) is 7.34. The van der Waals surface area contributed by atoms with Gasteiger partial charge >= 0.3 is 12.0 Å². The normalized spacial score (nSPS) is 14.6. The van der Waals surface area contributed by atoms with Crippen molar-refractivity contribution in [3.05, 3.63) is 92.9 Å². The fraction of sp³-hybridized carbons (Fsp3) is 0.0870. The summed E-state index contributed by atoms with van der Waals surface area (Å²) in [6.07, 6.45) is 1.40.